The molecule has 1 aromatic rings. The van der Waals surface area contributed by atoms with E-state index in [1.54, 1.807) is 0 Å². The molecular formula is C9H10F2O3. The molecule has 0 aliphatic rings. The lowest BCUT2D eigenvalue weighted by molar-refractivity contribution is -0.0499. The first-order valence-corrected chi connectivity index (χ1v) is 3.84. The quantitative estimate of drug-likeness (QED) is 0.753. The number of rotatable bonds is 4. The second-order valence-corrected chi connectivity index (χ2v) is 2.40. The Morgan fingerprint density at radius 3 is 2.21 bits per heavy atom. The smallest absolute Gasteiger partial charge is 0.387 e. The fourth-order valence-electron chi connectivity index (χ4n) is 0.993. The number of alkyl halides is 2. The lowest BCUT2D eigenvalue weighted by Gasteiger charge is -2.09. The first-order chi connectivity index (χ1) is 6.67. The Bertz CT molecular complexity index is 302. The number of benzene rings is 1. The van der Waals surface area contributed by atoms with Crippen LogP contribution in [0.1, 0.15) is 0 Å². The molecule has 3 nitrogen and oxygen atoms in total. The van der Waals surface area contributed by atoms with Gasteiger partial charge in [0.25, 0.3) is 0 Å². The van der Waals surface area contributed by atoms with Gasteiger partial charge in [0.05, 0.1) is 14.2 Å². The van der Waals surface area contributed by atoms with E-state index in [4.69, 9.17) is 9.47 Å². The fourth-order valence-corrected chi connectivity index (χ4v) is 0.993. The van der Waals surface area contributed by atoms with Crippen molar-refractivity contribution in [2.24, 2.45) is 0 Å². The minimum Gasteiger partial charge on any atom is -0.493 e. The Balaban J connectivity index is 2.89. The lowest BCUT2D eigenvalue weighted by atomic mass is 10.3. The molecular weight excluding hydrogens is 194 g/mol. The predicted octanol–water partition coefficient (Wildman–Crippen LogP) is 2.31. The van der Waals surface area contributed by atoms with E-state index in [-0.39, 0.29) is 5.75 Å². The topological polar surface area (TPSA) is 27.7 Å². The first-order valence-electron chi connectivity index (χ1n) is 3.84. The van der Waals surface area contributed by atoms with Crippen molar-refractivity contribution < 1.29 is 23.0 Å². The summed E-state index contributed by atoms with van der Waals surface area (Å²) < 4.78 is 37.7. The van der Waals surface area contributed by atoms with Crippen molar-refractivity contribution in [1.82, 2.24) is 0 Å². The molecule has 0 saturated carbocycles. The van der Waals surface area contributed by atoms with Gasteiger partial charge in [0.15, 0.2) is 11.5 Å². The van der Waals surface area contributed by atoms with Crippen LogP contribution in [0, 0.1) is 0 Å². The number of ether oxygens (including phenoxy) is 3. The van der Waals surface area contributed by atoms with E-state index in [9.17, 15) is 8.78 Å². The summed E-state index contributed by atoms with van der Waals surface area (Å²) in [6.07, 6.45) is 0. The van der Waals surface area contributed by atoms with Crippen LogP contribution >= 0.6 is 0 Å². The summed E-state index contributed by atoms with van der Waals surface area (Å²) in [5.74, 6) is 0.859. The standard InChI is InChI=1S/C9H10F2O3/c1-12-7-4-3-6(14-9(10)11)5-8(7)13-2/h3-5,9H,1-2H3. The minimum absolute atomic E-state index is 0.0395. The first kappa shape index (κ1) is 10.6. The Labute approximate surface area is 80.2 Å². The monoisotopic (exact) mass is 204 g/mol. The van der Waals surface area contributed by atoms with Crippen LogP contribution in [-0.4, -0.2) is 20.8 Å². The van der Waals surface area contributed by atoms with Gasteiger partial charge in [-0.2, -0.15) is 8.78 Å². The van der Waals surface area contributed by atoms with Gasteiger partial charge in [-0.25, -0.2) is 0 Å². The third kappa shape index (κ3) is 2.48. The van der Waals surface area contributed by atoms with Gasteiger partial charge in [0, 0.05) is 6.07 Å². The van der Waals surface area contributed by atoms with Crippen molar-refractivity contribution in [3.05, 3.63) is 18.2 Å². The third-order valence-corrected chi connectivity index (χ3v) is 1.58. The average Bonchev–Trinajstić information content (AvgIpc) is 2.16. The zero-order valence-electron chi connectivity index (χ0n) is 7.79. The largest absolute Gasteiger partial charge is 0.493 e. The average molecular weight is 204 g/mol. The van der Waals surface area contributed by atoms with Crippen molar-refractivity contribution >= 4 is 0 Å². The van der Waals surface area contributed by atoms with Crippen molar-refractivity contribution in [2.45, 2.75) is 6.61 Å². The molecule has 0 atom stereocenters. The van der Waals surface area contributed by atoms with E-state index in [2.05, 4.69) is 4.74 Å². The van der Waals surface area contributed by atoms with E-state index >= 15 is 0 Å². The van der Waals surface area contributed by atoms with Gasteiger partial charge in [-0.05, 0) is 12.1 Å². The van der Waals surface area contributed by atoms with Crippen LogP contribution in [0.2, 0.25) is 0 Å². The van der Waals surface area contributed by atoms with Crippen LogP contribution in [-0.2, 0) is 0 Å². The van der Waals surface area contributed by atoms with Crippen LogP contribution in [0.5, 0.6) is 17.2 Å². The lowest BCUT2D eigenvalue weighted by Crippen LogP contribution is -2.02. The maximum Gasteiger partial charge on any atom is 0.387 e. The normalized spacial score (nSPS) is 10.1. The van der Waals surface area contributed by atoms with Crippen LogP contribution in [0.4, 0.5) is 8.78 Å². The molecule has 0 aliphatic carbocycles. The Kier molecular flexibility index (Phi) is 3.50. The molecule has 0 radical (unpaired) electrons. The van der Waals surface area contributed by atoms with Crippen molar-refractivity contribution in [1.29, 1.82) is 0 Å². The van der Waals surface area contributed by atoms with Crippen LogP contribution in [0.15, 0.2) is 18.2 Å². The molecule has 78 valence electrons. The van der Waals surface area contributed by atoms with Crippen LogP contribution in [0.25, 0.3) is 0 Å². The van der Waals surface area contributed by atoms with Gasteiger partial charge in [0.2, 0.25) is 0 Å². The molecule has 0 fully saturated rings. The van der Waals surface area contributed by atoms with Gasteiger partial charge >= 0.3 is 6.61 Å². The number of halogens is 2. The van der Waals surface area contributed by atoms with Crippen molar-refractivity contribution in [3.63, 3.8) is 0 Å². The minimum atomic E-state index is -2.84. The summed E-state index contributed by atoms with van der Waals surface area (Å²) in [6, 6.07) is 4.22. The Morgan fingerprint density at radius 2 is 1.71 bits per heavy atom. The number of hydrogen-bond acceptors (Lipinski definition) is 3. The molecule has 0 bridgehead atoms. The zero-order valence-corrected chi connectivity index (χ0v) is 7.79. The summed E-state index contributed by atoms with van der Waals surface area (Å²) in [5, 5.41) is 0. The Morgan fingerprint density at radius 1 is 1.07 bits per heavy atom. The molecule has 0 heterocycles. The van der Waals surface area contributed by atoms with E-state index in [1.807, 2.05) is 0 Å². The molecule has 0 unspecified atom stereocenters. The summed E-state index contributed by atoms with van der Waals surface area (Å²) in [7, 11) is 2.88. The molecule has 1 rings (SSSR count). The summed E-state index contributed by atoms with van der Waals surface area (Å²) >= 11 is 0. The molecule has 14 heavy (non-hydrogen) atoms. The predicted molar refractivity (Wildman–Crippen MR) is 46.2 cm³/mol. The Hall–Kier alpha value is -1.52. The highest BCUT2D eigenvalue weighted by molar-refractivity contribution is 5.45. The maximum absolute atomic E-state index is 11.8. The second kappa shape index (κ2) is 4.64. The van der Waals surface area contributed by atoms with E-state index in [0.29, 0.717) is 11.5 Å². The van der Waals surface area contributed by atoms with Gasteiger partial charge in [0.1, 0.15) is 5.75 Å². The molecule has 1 aromatic carbocycles. The highest BCUT2D eigenvalue weighted by Gasteiger charge is 2.08. The summed E-state index contributed by atoms with van der Waals surface area (Å²) in [4.78, 5) is 0. The molecule has 0 spiro atoms. The molecule has 0 aromatic heterocycles. The highest BCUT2D eigenvalue weighted by Crippen LogP contribution is 2.31. The molecule has 0 amide bonds. The third-order valence-electron chi connectivity index (χ3n) is 1.58. The van der Waals surface area contributed by atoms with Gasteiger partial charge in [-0.1, -0.05) is 0 Å². The summed E-state index contributed by atoms with van der Waals surface area (Å²) in [6.45, 7) is -2.84. The van der Waals surface area contributed by atoms with Gasteiger partial charge in [-0.3, -0.25) is 0 Å². The zero-order chi connectivity index (χ0) is 10.6. The van der Waals surface area contributed by atoms with Gasteiger partial charge in [-0.15, -0.1) is 0 Å². The van der Waals surface area contributed by atoms with E-state index in [1.165, 1.54) is 32.4 Å². The SMILES string of the molecule is COc1ccc(OC(F)F)cc1OC. The van der Waals surface area contributed by atoms with Crippen molar-refractivity contribution in [3.8, 4) is 17.2 Å². The van der Waals surface area contributed by atoms with E-state index < -0.39 is 6.61 Å². The maximum atomic E-state index is 11.8. The van der Waals surface area contributed by atoms with Gasteiger partial charge < -0.3 is 14.2 Å². The molecule has 0 N–H and O–H groups in total. The summed E-state index contributed by atoms with van der Waals surface area (Å²) in [5.41, 5.74) is 0. The fraction of sp³-hybridized carbons (Fsp3) is 0.333. The molecule has 5 heteroatoms. The molecule has 0 aliphatic heterocycles. The van der Waals surface area contributed by atoms with E-state index in [0.717, 1.165) is 0 Å². The van der Waals surface area contributed by atoms with Crippen LogP contribution < -0.4 is 14.2 Å². The highest BCUT2D eigenvalue weighted by atomic mass is 19.3. The second-order valence-electron chi connectivity index (χ2n) is 2.40. The van der Waals surface area contributed by atoms with Crippen molar-refractivity contribution in [2.75, 3.05) is 14.2 Å². The number of hydrogen-bond donors (Lipinski definition) is 0. The number of methoxy groups -OCH3 is 2. The van der Waals surface area contributed by atoms with Crippen LogP contribution in [0.3, 0.4) is 0 Å². The molecule has 0 saturated heterocycles.